The molecule has 4 heteroatoms. The molecule has 2 N–H and O–H groups in total. The Balaban J connectivity index is 0. The van der Waals surface area contributed by atoms with E-state index in [1.54, 1.807) is 0 Å². The number of carbonyl (C=O) groups excluding carboxylic acids is 1. The Morgan fingerprint density at radius 2 is 1.70 bits per heavy atom. The van der Waals surface area contributed by atoms with Gasteiger partial charge in [0, 0.05) is 7.11 Å². The van der Waals surface area contributed by atoms with Crippen molar-refractivity contribution < 1.29 is 19.7 Å². The molecule has 0 radical (unpaired) electrons. The molecule has 0 atom stereocenters. The fourth-order valence-electron chi connectivity index (χ4n) is 0.250. The topological polar surface area (TPSA) is 66.8 Å². The highest BCUT2D eigenvalue weighted by Gasteiger charge is 2.23. The molecule has 0 aromatic heterocycles. The monoisotopic (exact) mass is 150 g/mol. The molecule has 4 nitrogen and oxygen atoms in total. The van der Waals surface area contributed by atoms with E-state index < -0.39 is 11.6 Å². The van der Waals surface area contributed by atoms with Crippen molar-refractivity contribution in [3.05, 3.63) is 0 Å². The van der Waals surface area contributed by atoms with Gasteiger partial charge in [-0.1, -0.05) is 0 Å². The quantitative estimate of drug-likeness (QED) is 0.496. The molecule has 0 aromatic rings. The van der Waals surface area contributed by atoms with Crippen LogP contribution >= 0.6 is 0 Å². The zero-order chi connectivity index (χ0) is 8.78. The predicted molar refractivity (Wildman–Crippen MR) is 36.5 cm³/mol. The maximum atomic E-state index is 10.4. The van der Waals surface area contributed by atoms with Gasteiger partial charge in [0.05, 0.1) is 7.11 Å². The fourth-order valence-corrected chi connectivity index (χ4v) is 0.250. The Morgan fingerprint density at radius 1 is 1.40 bits per heavy atom. The number of aliphatic hydroxyl groups excluding tert-OH is 1. The molecule has 10 heavy (non-hydrogen) atoms. The lowest BCUT2D eigenvalue weighted by Crippen LogP contribution is -2.31. The summed E-state index contributed by atoms with van der Waals surface area (Å²) in [4.78, 5) is 10.4. The van der Waals surface area contributed by atoms with Gasteiger partial charge in [-0.25, -0.2) is 4.79 Å². The van der Waals surface area contributed by atoms with E-state index >= 15 is 0 Å². The first-order valence-corrected chi connectivity index (χ1v) is 2.74. The molecular formula is C6H14O4. The average molecular weight is 150 g/mol. The lowest BCUT2D eigenvalue weighted by molar-refractivity contribution is -0.158. The number of methoxy groups -OCH3 is 1. The van der Waals surface area contributed by atoms with Gasteiger partial charge in [-0.3, -0.25) is 0 Å². The second-order valence-electron chi connectivity index (χ2n) is 2.05. The second kappa shape index (κ2) is 5.20. The van der Waals surface area contributed by atoms with Gasteiger partial charge in [-0.15, -0.1) is 0 Å². The number of rotatable bonds is 1. The average Bonchev–Trinajstić information content (AvgIpc) is 1.89. The van der Waals surface area contributed by atoms with Crippen molar-refractivity contribution in [3.8, 4) is 0 Å². The molecule has 0 aromatic carbocycles. The Hall–Kier alpha value is -0.610. The maximum absolute atomic E-state index is 10.4. The first kappa shape index (κ1) is 12.1. The minimum absolute atomic E-state index is 0.613. The van der Waals surface area contributed by atoms with Gasteiger partial charge >= 0.3 is 5.97 Å². The first-order valence-electron chi connectivity index (χ1n) is 2.74. The molecule has 62 valence electrons. The van der Waals surface area contributed by atoms with Crippen molar-refractivity contribution in [1.82, 2.24) is 0 Å². The Bertz CT molecular complexity index is 92.4. The van der Waals surface area contributed by atoms with Crippen molar-refractivity contribution >= 4 is 5.97 Å². The van der Waals surface area contributed by atoms with Gasteiger partial charge in [0.2, 0.25) is 0 Å². The third kappa shape index (κ3) is 5.53. The highest BCUT2D eigenvalue weighted by molar-refractivity contribution is 5.77. The minimum Gasteiger partial charge on any atom is -0.467 e. The van der Waals surface area contributed by atoms with Gasteiger partial charge < -0.3 is 14.9 Å². The smallest absolute Gasteiger partial charge is 0.337 e. The third-order valence-corrected chi connectivity index (χ3v) is 0.685. The number of carbonyl (C=O) groups is 1. The maximum Gasteiger partial charge on any atom is 0.337 e. The van der Waals surface area contributed by atoms with Crippen LogP contribution in [0.4, 0.5) is 0 Å². The van der Waals surface area contributed by atoms with E-state index in [4.69, 9.17) is 10.2 Å². The summed E-state index contributed by atoms with van der Waals surface area (Å²) in [5.74, 6) is -0.613. The van der Waals surface area contributed by atoms with E-state index in [0.717, 1.165) is 7.11 Å². The molecule has 0 aliphatic rings. The summed E-state index contributed by atoms with van der Waals surface area (Å²) in [6.07, 6.45) is 0. The van der Waals surface area contributed by atoms with E-state index in [9.17, 15) is 4.79 Å². The fraction of sp³-hybridized carbons (Fsp3) is 0.833. The van der Waals surface area contributed by atoms with Crippen molar-refractivity contribution in [2.24, 2.45) is 0 Å². The molecule has 0 fully saturated rings. The Morgan fingerprint density at radius 3 is 1.70 bits per heavy atom. The zero-order valence-corrected chi connectivity index (χ0v) is 6.71. The summed E-state index contributed by atoms with van der Waals surface area (Å²) in [5.41, 5.74) is -1.35. The molecule has 0 bridgehead atoms. The Labute approximate surface area is 60.4 Å². The number of ether oxygens (including phenoxy) is 1. The molecule has 0 unspecified atom stereocenters. The van der Waals surface area contributed by atoms with Crippen LogP contribution in [-0.2, 0) is 9.53 Å². The SMILES string of the molecule is CO.COC(=O)C(C)(C)O. The molecule has 0 aliphatic carbocycles. The van der Waals surface area contributed by atoms with Gasteiger partial charge in [-0.05, 0) is 13.8 Å². The number of hydrogen-bond acceptors (Lipinski definition) is 4. The van der Waals surface area contributed by atoms with E-state index in [0.29, 0.717) is 0 Å². The number of aliphatic hydroxyl groups is 2. The van der Waals surface area contributed by atoms with Crippen molar-refractivity contribution in [1.29, 1.82) is 0 Å². The second-order valence-corrected chi connectivity index (χ2v) is 2.05. The molecule has 0 spiro atoms. The predicted octanol–water partition coefficient (Wildman–Crippen LogP) is -0.461. The van der Waals surface area contributed by atoms with Crippen LogP contribution in [0.5, 0.6) is 0 Å². The van der Waals surface area contributed by atoms with Gasteiger partial charge in [0.25, 0.3) is 0 Å². The van der Waals surface area contributed by atoms with Crippen LogP contribution in [0.3, 0.4) is 0 Å². The molecule has 0 saturated carbocycles. The molecule has 0 aliphatic heterocycles. The van der Waals surface area contributed by atoms with E-state index in [2.05, 4.69) is 4.74 Å². The van der Waals surface area contributed by atoms with Crippen molar-refractivity contribution in [3.63, 3.8) is 0 Å². The summed E-state index contributed by atoms with van der Waals surface area (Å²) in [5, 5.41) is 15.8. The van der Waals surface area contributed by atoms with Crippen LogP contribution in [0.1, 0.15) is 13.8 Å². The van der Waals surface area contributed by atoms with Crippen molar-refractivity contribution in [2.75, 3.05) is 14.2 Å². The summed E-state index contributed by atoms with van der Waals surface area (Å²) in [6, 6.07) is 0. The third-order valence-electron chi connectivity index (χ3n) is 0.685. The normalized spacial score (nSPS) is 9.40. The van der Waals surface area contributed by atoms with Crippen LogP contribution in [0.25, 0.3) is 0 Å². The molecule has 0 heterocycles. The summed E-state index contributed by atoms with van der Waals surface area (Å²) < 4.78 is 4.23. The summed E-state index contributed by atoms with van der Waals surface area (Å²) >= 11 is 0. The lowest BCUT2D eigenvalue weighted by atomic mass is 10.1. The number of hydrogen-bond donors (Lipinski definition) is 2. The first-order chi connectivity index (χ1) is 4.48. The molecule has 0 rings (SSSR count). The zero-order valence-electron chi connectivity index (χ0n) is 6.71. The molecule has 0 amide bonds. The summed E-state index contributed by atoms with van der Waals surface area (Å²) in [6.45, 7) is 2.75. The minimum atomic E-state index is -1.35. The number of esters is 1. The lowest BCUT2D eigenvalue weighted by Gasteiger charge is -2.12. The van der Waals surface area contributed by atoms with Crippen LogP contribution in [0.15, 0.2) is 0 Å². The van der Waals surface area contributed by atoms with Crippen LogP contribution < -0.4 is 0 Å². The van der Waals surface area contributed by atoms with E-state index in [1.807, 2.05) is 0 Å². The van der Waals surface area contributed by atoms with Gasteiger partial charge in [0.15, 0.2) is 5.60 Å². The van der Waals surface area contributed by atoms with Crippen LogP contribution in [0, 0.1) is 0 Å². The van der Waals surface area contributed by atoms with Crippen LogP contribution in [0.2, 0.25) is 0 Å². The molecule has 0 saturated heterocycles. The van der Waals surface area contributed by atoms with Gasteiger partial charge in [-0.2, -0.15) is 0 Å². The van der Waals surface area contributed by atoms with E-state index in [-0.39, 0.29) is 0 Å². The largest absolute Gasteiger partial charge is 0.467 e. The Kier molecular flexibility index (Phi) is 6.29. The van der Waals surface area contributed by atoms with Gasteiger partial charge in [0.1, 0.15) is 0 Å². The highest BCUT2D eigenvalue weighted by Crippen LogP contribution is 2.01. The molecular weight excluding hydrogens is 136 g/mol. The van der Waals surface area contributed by atoms with E-state index in [1.165, 1.54) is 21.0 Å². The standard InChI is InChI=1S/C5H10O3.CH4O/c1-5(2,7)4(6)8-3;1-2/h7H,1-3H3;2H,1H3. The van der Waals surface area contributed by atoms with Crippen LogP contribution in [-0.4, -0.2) is 36.0 Å². The summed E-state index contributed by atoms with van der Waals surface area (Å²) in [7, 11) is 2.24. The van der Waals surface area contributed by atoms with Crippen molar-refractivity contribution in [2.45, 2.75) is 19.4 Å². The highest BCUT2D eigenvalue weighted by atomic mass is 16.5.